The summed E-state index contributed by atoms with van der Waals surface area (Å²) in [7, 11) is 0. The molecule has 14 heavy (non-hydrogen) atoms. The van der Waals surface area contributed by atoms with Crippen molar-refractivity contribution in [1.29, 1.82) is 0 Å². The van der Waals surface area contributed by atoms with Gasteiger partial charge >= 0.3 is 0 Å². The highest BCUT2D eigenvalue weighted by molar-refractivity contribution is 5.62. The molecule has 2 heteroatoms. The van der Waals surface area contributed by atoms with Crippen LogP contribution in [0.25, 0.3) is 12.2 Å². The molecule has 0 aliphatic heterocycles. The molecule has 0 N–H and O–H groups in total. The highest BCUT2D eigenvalue weighted by Crippen LogP contribution is 2.18. The van der Waals surface area contributed by atoms with Crippen molar-refractivity contribution < 1.29 is 4.52 Å². The van der Waals surface area contributed by atoms with Crippen molar-refractivity contribution in [2.75, 3.05) is 0 Å². The van der Waals surface area contributed by atoms with Crippen LogP contribution in [0.3, 0.4) is 0 Å². The molecule has 0 bridgehead atoms. The molecule has 0 fully saturated rings. The molecule has 2 nitrogen and oxygen atoms in total. The quantitative estimate of drug-likeness (QED) is 0.677. The number of rotatable bonds is 4. The Bertz CT molecular complexity index is 358. The Morgan fingerprint density at radius 2 is 2.21 bits per heavy atom. The van der Waals surface area contributed by atoms with Crippen LogP contribution in [-0.2, 0) is 0 Å². The zero-order valence-electron chi connectivity index (χ0n) is 8.66. The van der Waals surface area contributed by atoms with Crippen molar-refractivity contribution in [1.82, 2.24) is 5.16 Å². The van der Waals surface area contributed by atoms with Crippen LogP contribution in [-0.4, -0.2) is 5.16 Å². The van der Waals surface area contributed by atoms with Gasteiger partial charge in [0.15, 0.2) is 5.76 Å². The van der Waals surface area contributed by atoms with Gasteiger partial charge in [-0.1, -0.05) is 44.3 Å². The van der Waals surface area contributed by atoms with Crippen molar-refractivity contribution in [3.8, 4) is 0 Å². The maximum Gasteiger partial charge on any atom is 0.167 e. The third kappa shape index (κ3) is 2.22. The van der Waals surface area contributed by atoms with Gasteiger partial charge in [-0.3, -0.25) is 0 Å². The van der Waals surface area contributed by atoms with Gasteiger partial charge < -0.3 is 4.52 Å². The summed E-state index contributed by atoms with van der Waals surface area (Å²) in [6.07, 6.45) is 7.16. The van der Waals surface area contributed by atoms with Gasteiger partial charge in [0.1, 0.15) is 0 Å². The lowest BCUT2D eigenvalue weighted by Crippen LogP contribution is -1.89. The fraction of sp³-hybridized carbons (Fsp3) is 0.250. The van der Waals surface area contributed by atoms with Gasteiger partial charge in [-0.2, -0.15) is 0 Å². The Hall–Kier alpha value is -1.57. The molecule has 1 heterocycles. The Balaban J connectivity index is 3.05. The van der Waals surface area contributed by atoms with Gasteiger partial charge in [0.2, 0.25) is 0 Å². The third-order valence-corrected chi connectivity index (χ3v) is 2.05. The minimum Gasteiger partial charge on any atom is -0.356 e. The predicted octanol–water partition coefficient (Wildman–Crippen LogP) is 3.54. The van der Waals surface area contributed by atoms with Crippen molar-refractivity contribution in [2.24, 2.45) is 5.92 Å². The molecule has 0 radical (unpaired) electrons. The van der Waals surface area contributed by atoms with E-state index in [2.05, 4.69) is 32.2 Å². The molecule has 1 rings (SSSR count). The molecule has 0 saturated heterocycles. The van der Waals surface area contributed by atoms with Crippen molar-refractivity contribution >= 4 is 12.2 Å². The second-order valence-electron chi connectivity index (χ2n) is 3.35. The Morgan fingerprint density at radius 3 is 2.71 bits per heavy atom. The fourth-order valence-electron chi connectivity index (χ4n) is 1.13. The summed E-state index contributed by atoms with van der Waals surface area (Å²) in [5.41, 5.74) is 2.04. The molecule has 1 aromatic rings. The summed E-state index contributed by atoms with van der Waals surface area (Å²) in [6.45, 7) is 11.7. The van der Waals surface area contributed by atoms with Gasteiger partial charge in [0.25, 0.3) is 0 Å². The second kappa shape index (κ2) is 4.61. The molecular formula is C12H15NO. The highest BCUT2D eigenvalue weighted by Gasteiger charge is 2.04. The minimum absolute atomic E-state index is 0.426. The van der Waals surface area contributed by atoms with E-state index in [1.165, 1.54) is 0 Å². The smallest absolute Gasteiger partial charge is 0.167 e. The first-order chi connectivity index (χ1) is 6.69. The fourth-order valence-corrected chi connectivity index (χ4v) is 1.13. The van der Waals surface area contributed by atoms with Gasteiger partial charge in [0, 0.05) is 5.56 Å². The summed E-state index contributed by atoms with van der Waals surface area (Å²) in [5.74, 6) is 1.17. The van der Waals surface area contributed by atoms with Crippen LogP contribution >= 0.6 is 0 Å². The van der Waals surface area contributed by atoms with Crippen molar-refractivity contribution in [2.45, 2.75) is 13.8 Å². The van der Waals surface area contributed by atoms with Gasteiger partial charge in [-0.25, -0.2) is 0 Å². The van der Waals surface area contributed by atoms with Crippen LogP contribution in [0, 0.1) is 5.92 Å². The zero-order valence-corrected chi connectivity index (χ0v) is 8.66. The highest BCUT2D eigenvalue weighted by atomic mass is 16.5. The number of allylic oxidation sites excluding steroid dienone is 2. The van der Waals surface area contributed by atoms with Gasteiger partial charge in [0.05, 0.1) is 6.20 Å². The molecule has 0 spiro atoms. The maximum atomic E-state index is 5.09. The summed E-state index contributed by atoms with van der Waals surface area (Å²) < 4.78 is 5.09. The first kappa shape index (κ1) is 10.5. The van der Waals surface area contributed by atoms with Crippen LogP contribution < -0.4 is 0 Å². The summed E-state index contributed by atoms with van der Waals surface area (Å²) in [4.78, 5) is 0. The SMILES string of the molecule is C=C/C(=C\c1oncc1C=C)C(C)C. The summed E-state index contributed by atoms with van der Waals surface area (Å²) in [5, 5.41) is 3.71. The third-order valence-electron chi connectivity index (χ3n) is 2.05. The lowest BCUT2D eigenvalue weighted by atomic mass is 10.0. The van der Waals surface area contributed by atoms with Crippen LogP contribution in [0.5, 0.6) is 0 Å². The molecule has 1 aromatic heterocycles. The standard InChI is InChI=1S/C12H15NO/c1-5-10(9(3)4)7-12-11(6-2)8-13-14-12/h5-9H,1-2H2,3-4H3/b10-7+. The van der Waals surface area contributed by atoms with E-state index in [-0.39, 0.29) is 0 Å². The molecule has 0 unspecified atom stereocenters. The average molecular weight is 189 g/mol. The van der Waals surface area contributed by atoms with E-state index in [9.17, 15) is 0 Å². The molecule has 0 aliphatic rings. The molecule has 0 saturated carbocycles. The topological polar surface area (TPSA) is 26.0 Å². The largest absolute Gasteiger partial charge is 0.356 e. The molecule has 0 amide bonds. The molecular weight excluding hydrogens is 174 g/mol. The van der Waals surface area contributed by atoms with E-state index in [0.29, 0.717) is 5.92 Å². The van der Waals surface area contributed by atoms with Crippen molar-refractivity contribution in [3.63, 3.8) is 0 Å². The normalized spacial score (nSPS) is 11.8. The van der Waals surface area contributed by atoms with E-state index in [0.717, 1.165) is 16.9 Å². The van der Waals surface area contributed by atoms with Gasteiger partial charge in [-0.15, -0.1) is 0 Å². The van der Waals surface area contributed by atoms with Crippen LogP contribution in [0.15, 0.2) is 35.5 Å². The minimum atomic E-state index is 0.426. The zero-order chi connectivity index (χ0) is 10.6. The monoisotopic (exact) mass is 189 g/mol. The molecule has 74 valence electrons. The van der Waals surface area contributed by atoms with Crippen LogP contribution in [0.1, 0.15) is 25.2 Å². The lowest BCUT2D eigenvalue weighted by molar-refractivity contribution is 0.412. The second-order valence-corrected chi connectivity index (χ2v) is 3.35. The first-order valence-electron chi connectivity index (χ1n) is 4.60. The number of hydrogen-bond donors (Lipinski definition) is 0. The Morgan fingerprint density at radius 1 is 1.50 bits per heavy atom. The number of hydrogen-bond acceptors (Lipinski definition) is 2. The Kier molecular flexibility index (Phi) is 3.46. The number of nitrogens with zero attached hydrogens (tertiary/aromatic N) is 1. The molecule has 0 aliphatic carbocycles. The van der Waals surface area contributed by atoms with E-state index < -0.39 is 0 Å². The Labute approximate surface area is 84.6 Å². The van der Waals surface area contributed by atoms with Crippen molar-refractivity contribution in [3.05, 3.63) is 42.3 Å². The summed E-state index contributed by atoms with van der Waals surface area (Å²) in [6, 6.07) is 0. The number of aromatic nitrogens is 1. The van der Waals surface area contributed by atoms with E-state index in [1.807, 2.05) is 12.2 Å². The van der Waals surface area contributed by atoms with Crippen LogP contribution in [0.2, 0.25) is 0 Å². The van der Waals surface area contributed by atoms with Gasteiger partial charge in [-0.05, 0) is 17.6 Å². The molecule has 0 aromatic carbocycles. The van der Waals surface area contributed by atoms with Crippen LogP contribution in [0.4, 0.5) is 0 Å². The molecule has 0 atom stereocenters. The summed E-state index contributed by atoms with van der Waals surface area (Å²) >= 11 is 0. The lowest BCUT2D eigenvalue weighted by Gasteiger charge is -2.04. The first-order valence-corrected chi connectivity index (χ1v) is 4.60. The van der Waals surface area contributed by atoms with E-state index in [4.69, 9.17) is 4.52 Å². The average Bonchev–Trinajstić information content (AvgIpc) is 2.60. The maximum absolute atomic E-state index is 5.09. The van der Waals surface area contributed by atoms with E-state index in [1.54, 1.807) is 12.3 Å². The predicted molar refractivity (Wildman–Crippen MR) is 59.6 cm³/mol. The van der Waals surface area contributed by atoms with E-state index >= 15 is 0 Å².